The molecule has 1 fully saturated rings. The summed E-state index contributed by atoms with van der Waals surface area (Å²) >= 11 is 5.79. The lowest BCUT2D eigenvalue weighted by Crippen LogP contribution is -2.41. The van der Waals surface area contributed by atoms with E-state index in [2.05, 4.69) is 9.97 Å². The van der Waals surface area contributed by atoms with Gasteiger partial charge in [0.05, 0.1) is 6.04 Å². The van der Waals surface area contributed by atoms with Crippen LogP contribution in [0.2, 0.25) is 5.15 Å². The van der Waals surface area contributed by atoms with Gasteiger partial charge in [-0.15, -0.1) is 0 Å². The number of rotatable bonds is 2. The van der Waals surface area contributed by atoms with Gasteiger partial charge >= 0.3 is 0 Å². The first-order chi connectivity index (χ1) is 7.68. The summed E-state index contributed by atoms with van der Waals surface area (Å²) in [6.45, 7) is 0. The van der Waals surface area contributed by atoms with Crippen molar-refractivity contribution in [3.05, 3.63) is 17.5 Å². The Hall–Kier alpha value is -0.900. The Morgan fingerprint density at radius 3 is 2.81 bits per heavy atom. The first-order valence-corrected chi connectivity index (χ1v) is 5.90. The molecule has 0 aliphatic heterocycles. The predicted molar refractivity (Wildman–Crippen MR) is 62.6 cm³/mol. The maximum Gasteiger partial charge on any atom is 0.134 e. The van der Waals surface area contributed by atoms with Gasteiger partial charge in [-0.05, 0) is 12.8 Å². The van der Waals surface area contributed by atoms with E-state index < -0.39 is 6.17 Å². The first-order valence-electron chi connectivity index (χ1n) is 5.53. The van der Waals surface area contributed by atoms with Gasteiger partial charge < -0.3 is 4.90 Å². The van der Waals surface area contributed by atoms with Gasteiger partial charge in [0.1, 0.15) is 23.5 Å². The normalized spacial score (nSPS) is 25.4. The molecule has 0 spiro atoms. The molecular formula is C11H15ClFN3. The van der Waals surface area contributed by atoms with Crippen LogP contribution >= 0.6 is 11.6 Å². The van der Waals surface area contributed by atoms with Gasteiger partial charge in [-0.2, -0.15) is 0 Å². The third-order valence-electron chi connectivity index (χ3n) is 3.13. The zero-order valence-electron chi connectivity index (χ0n) is 9.24. The molecular weight excluding hydrogens is 229 g/mol. The van der Waals surface area contributed by atoms with Crippen molar-refractivity contribution in [2.75, 3.05) is 11.9 Å². The van der Waals surface area contributed by atoms with Crippen molar-refractivity contribution in [3.8, 4) is 0 Å². The zero-order valence-corrected chi connectivity index (χ0v) is 9.99. The highest BCUT2D eigenvalue weighted by molar-refractivity contribution is 6.29. The molecule has 1 aromatic heterocycles. The predicted octanol–water partition coefficient (Wildman–Crippen LogP) is 2.85. The minimum absolute atomic E-state index is 0.0836. The summed E-state index contributed by atoms with van der Waals surface area (Å²) in [5, 5.41) is 0.392. The molecule has 5 heteroatoms. The molecule has 16 heavy (non-hydrogen) atoms. The number of nitrogens with zero attached hydrogens (tertiary/aromatic N) is 3. The van der Waals surface area contributed by atoms with Crippen LogP contribution in [-0.4, -0.2) is 29.2 Å². The summed E-state index contributed by atoms with van der Waals surface area (Å²) in [6.07, 6.45) is 4.22. The van der Waals surface area contributed by atoms with E-state index in [0.29, 0.717) is 17.4 Å². The molecule has 3 nitrogen and oxygen atoms in total. The summed E-state index contributed by atoms with van der Waals surface area (Å²) in [4.78, 5) is 9.81. The lowest BCUT2D eigenvalue weighted by atomic mass is 9.92. The highest BCUT2D eigenvalue weighted by Crippen LogP contribution is 2.27. The minimum atomic E-state index is -0.771. The van der Waals surface area contributed by atoms with Crippen LogP contribution in [0.1, 0.15) is 25.7 Å². The third kappa shape index (κ3) is 2.43. The van der Waals surface area contributed by atoms with Gasteiger partial charge in [0.25, 0.3) is 0 Å². The van der Waals surface area contributed by atoms with E-state index in [1.165, 1.54) is 6.33 Å². The molecule has 0 amide bonds. The smallest absolute Gasteiger partial charge is 0.134 e. The van der Waals surface area contributed by atoms with Crippen LogP contribution in [0.25, 0.3) is 0 Å². The molecule has 0 radical (unpaired) electrons. The van der Waals surface area contributed by atoms with Gasteiger partial charge in [0.15, 0.2) is 0 Å². The fourth-order valence-electron chi connectivity index (χ4n) is 2.19. The van der Waals surface area contributed by atoms with Gasteiger partial charge in [0, 0.05) is 13.1 Å². The number of hydrogen-bond acceptors (Lipinski definition) is 3. The molecule has 2 atom stereocenters. The van der Waals surface area contributed by atoms with Crippen molar-refractivity contribution >= 4 is 17.4 Å². The summed E-state index contributed by atoms with van der Waals surface area (Å²) in [5.41, 5.74) is 0. The number of anilines is 1. The third-order valence-corrected chi connectivity index (χ3v) is 3.33. The van der Waals surface area contributed by atoms with Crippen LogP contribution in [0.4, 0.5) is 10.2 Å². The molecule has 2 rings (SSSR count). The van der Waals surface area contributed by atoms with Gasteiger partial charge in [0.2, 0.25) is 0 Å². The topological polar surface area (TPSA) is 29.0 Å². The zero-order chi connectivity index (χ0) is 11.5. The quantitative estimate of drug-likeness (QED) is 0.748. The fraction of sp³-hybridized carbons (Fsp3) is 0.636. The minimum Gasteiger partial charge on any atom is -0.354 e. The molecule has 1 heterocycles. The van der Waals surface area contributed by atoms with Crippen LogP contribution in [0.3, 0.4) is 0 Å². The SMILES string of the molecule is CN(c1cc(Cl)ncn1)[C@@H]1CCCC[C@H]1F. The van der Waals surface area contributed by atoms with Crippen molar-refractivity contribution < 1.29 is 4.39 Å². The highest BCUT2D eigenvalue weighted by Gasteiger charge is 2.28. The maximum absolute atomic E-state index is 13.8. The molecule has 1 aromatic rings. The van der Waals surface area contributed by atoms with Crippen molar-refractivity contribution in [2.24, 2.45) is 0 Å². The van der Waals surface area contributed by atoms with E-state index in [1.807, 2.05) is 11.9 Å². The summed E-state index contributed by atoms with van der Waals surface area (Å²) < 4.78 is 13.8. The second-order valence-electron chi connectivity index (χ2n) is 4.18. The van der Waals surface area contributed by atoms with Gasteiger partial charge in [-0.3, -0.25) is 0 Å². The Balaban J connectivity index is 2.14. The highest BCUT2D eigenvalue weighted by atomic mass is 35.5. The van der Waals surface area contributed by atoms with Crippen LogP contribution < -0.4 is 4.90 Å². The van der Waals surface area contributed by atoms with Crippen LogP contribution in [0.5, 0.6) is 0 Å². The lowest BCUT2D eigenvalue weighted by molar-refractivity contribution is 0.213. The average molecular weight is 244 g/mol. The van der Waals surface area contributed by atoms with E-state index in [-0.39, 0.29) is 6.04 Å². The Kier molecular flexibility index (Phi) is 3.59. The van der Waals surface area contributed by atoms with Gasteiger partial charge in [-0.1, -0.05) is 24.4 Å². The first kappa shape index (κ1) is 11.6. The van der Waals surface area contributed by atoms with Gasteiger partial charge in [-0.25, -0.2) is 14.4 Å². The Labute approximate surface area is 99.6 Å². The second kappa shape index (κ2) is 4.95. The molecule has 0 saturated heterocycles. The van der Waals surface area contributed by atoms with E-state index in [4.69, 9.17) is 11.6 Å². The van der Waals surface area contributed by atoms with Crippen LogP contribution in [-0.2, 0) is 0 Å². The molecule has 1 saturated carbocycles. The van der Waals surface area contributed by atoms with Crippen molar-refractivity contribution in [3.63, 3.8) is 0 Å². The van der Waals surface area contributed by atoms with Crippen LogP contribution in [0.15, 0.2) is 12.4 Å². The average Bonchev–Trinajstić information content (AvgIpc) is 2.29. The molecule has 0 aromatic carbocycles. The lowest BCUT2D eigenvalue weighted by Gasteiger charge is -2.34. The summed E-state index contributed by atoms with van der Waals surface area (Å²) in [7, 11) is 1.86. The molecule has 0 unspecified atom stereocenters. The molecule has 1 aliphatic rings. The molecule has 1 aliphatic carbocycles. The van der Waals surface area contributed by atoms with E-state index in [9.17, 15) is 4.39 Å². The molecule has 0 N–H and O–H groups in total. The number of aromatic nitrogens is 2. The Morgan fingerprint density at radius 1 is 1.38 bits per heavy atom. The van der Waals surface area contributed by atoms with E-state index >= 15 is 0 Å². The Morgan fingerprint density at radius 2 is 2.12 bits per heavy atom. The summed E-state index contributed by atoms with van der Waals surface area (Å²) in [5.74, 6) is 0.689. The number of hydrogen-bond donors (Lipinski definition) is 0. The van der Waals surface area contributed by atoms with Crippen molar-refractivity contribution in [2.45, 2.75) is 37.9 Å². The summed E-state index contributed by atoms with van der Waals surface area (Å²) in [6, 6.07) is 1.59. The second-order valence-corrected chi connectivity index (χ2v) is 4.56. The van der Waals surface area contributed by atoms with E-state index in [1.54, 1.807) is 6.07 Å². The number of halogens is 2. The largest absolute Gasteiger partial charge is 0.354 e. The standard InChI is InChI=1S/C11H15ClFN3/c1-16(9-5-3-2-4-8(9)13)11-6-10(12)14-7-15-11/h6-9H,2-5H2,1H3/t8-,9-/m1/s1. The number of alkyl halides is 1. The van der Waals surface area contributed by atoms with Crippen molar-refractivity contribution in [1.29, 1.82) is 0 Å². The van der Waals surface area contributed by atoms with E-state index in [0.717, 1.165) is 19.3 Å². The monoisotopic (exact) mass is 243 g/mol. The fourth-order valence-corrected chi connectivity index (χ4v) is 2.33. The van der Waals surface area contributed by atoms with Crippen LogP contribution in [0, 0.1) is 0 Å². The maximum atomic E-state index is 13.8. The Bertz CT molecular complexity index is 361. The van der Waals surface area contributed by atoms with Crippen molar-refractivity contribution in [1.82, 2.24) is 9.97 Å². The molecule has 88 valence electrons. The molecule has 0 bridgehead atoms.